The third kappa shape index (κ3) is 3.17. The molecular formula is C30H19N3. The van der Waals surface area contributed by atoms with E-state index < -0.39 is 0 Å². The Morgan fingerprint density at radius 1 is 0.606 bits per heavy atom. The molecule has 0 spiro atoms. The molecule has 0 saturated carbocycles. The van der Waals surface area contributed by atoms with E-state index in [1.165, 1.54) is 21.8 Å². The Morgan fingerprint density at radius 3 is 2.00 bits per heavy atom. The predicted molar refractivity (Wildman–Crippen MR) is 134 cm³/mol. The molecule has 0 unspecified atom stereocenters. The summed E-state index contributed by atoms with van der Waals surface area (Å²) in [7, 11) is 0. The van der Waals surface area contributed by atoms with Gasteiger partial charge in [0.25, 0.3) is 0 Å². The number of hydrogen-bond acceptors (Lipinski definition) is 2. The van der Waals surface area contributed by atoms with Crippen molar-refractivity contribution in [2.45, 2.75) is 0 Å². The van der Waals surface area contributed by atoms with E-state index in [1.54, 1.807) is 6.20 Å². The van der Waals surface area contributed by atoms with Gasteiger partial charge in [-0.1, -0.05) is 72.8 Å². The van der Waals surface area contributed by atoms with Crippen LogP contribution in [0.4, 0.5) is 0 Å². The zero-order chi connectivity index (χ0) is 22.2. The molecule has 0 saturated heterocycles. The van der Waals surface area contributed by atoms with E-state index in [9.17, 15) is 5.26 Å². The molecule has 6 rings (SSSR count). The van der Waals surface area contributed by atoms with E-state index >= 15 is 0 Å². The molecular weight excluding hydrogens is 402 g/mol. The van der Waals surface area contributed by atoms with Crippen LogP contribution < -0.4 is 0 Å². The van der Waals surface area contributed by atoms with Gasteiger partial charge >= 0.3 is 0 Å². The van der Waals surface area contributed by atoms with Gasteiger partial charge in [0.15, 0.2) is 0 Å². The summed E-state index contributed by atoms with van der Waals surface area (Å²) in [4.78, 5) is 4.11. The lowest BCUT2D eigenvalue weighted by molar-refractivity contribution is 1.18. The summed E-state index contributed by atoms with van der Waals surface area (Å²) >= 11 is 0. The van der Waals surface area contributed by atoms with Gasteiger partial charge in [-0.3, -0.25) is 0 Å². The molecule has 3 heteroatoms. The monoisotopic (exact) mass is 421 g/mol. The zero-order valence-corrected chi connectivity index (χ0v) is 17.8. The molecule has 0 aliphatic carbocycles. The van der Waals surface area contributed by atoms with Gasteiger partial charge in [-0.2, -0.15) is 5.26 Å². The molecule has 154 valence electrons. The number of hydrogen-bond donors (Lipinski definition) is 0. The lowest BCUT2D eigenvalue weighted by Gasteiger charge is -2.15. The average molecular weight is 422 g/mol. The molecule has 33 heavy (non-hydrogen) atoms. The van der Waals surface area contributed by atoms with Crippen molar-refractivity contribution in [3.05, 3.63) is 121 Å². The topological polar surface area (TPSA) is 41.6 Å². The second-order valence-electron chi connectivity index (χ2n) is 8.01. The number of nitrogens with zero attached hydrogens (tertiary/aromatic N) is 3. The number of rotatable bonds is 3. The Morgan fingerprint density at radius 2 is 1.24 bits per heavy atom. The molecule has 0 atom stereocenters. The first-order chi connectivity index (χ1) is 16.3. The molecule has 6 aromatic rings. The Labute approximate surface area is 191 Å². The SMILES string of the molecule is N#Cc1cc(-c2cccc(-c3ccccc3-n3c4ccccc4c4ccccc43)c2)ccn1. The summed E-state index contributed by atoms with van der Waals surface area (Å²) in [6.07, 6.45) is 1.69. The van der Waals surface area contributed by atoms with Gasteiger partial charge in [-0.25, -0.2) is 4.98 Å². The molecule has 4 aromatic carbocycles. The van der Waals surface area contributed by atoms with E-state index in [4.69, 9.17) is 0 Å². The lowest BCUT2D eigenvalue weighted by Crippen LogP contribution is -1.97. The highest BCUT2D eigenvalue weighted by Crippen LogP contribution is 2.36. The van der Waals surface area contributed by atoms with Gasteiger partial charge < -0.3 is 4.57 Å². The van der Waals surface area contributed by atoms with E-state index in [0.717, 1.165) is 27.9 Å². The smallest absolute Gasteiger partial charge is 0.141 e. The van der Waals surface area contributed by atoms with Crippen molar-refractivity contribution in [2.75, 3.05) is 0 Å². The fourth-order valence-electron chi connectivity index (χ4n) is 4.63. The van der Waals surface area contributed by atoms with Crippen molar-refractivity contribution in [3.63, 3.8) is 0 Å². The van der Waals surface area contributed by atoms with Gasteiger partial charge in [-0.15, -0.1) is 0 Å². The number of nitriles is 1. The maximum Gasteiger partial charge on any atom is 0.141 e. The molecule has 0 N–H and O–H groups in total. The third-order valence-electron chi connectivity index (χ3n) is 6.11. The Balaban J connectivity index is 1.59. The van der Waals surface area contributed by atoms with Crippen LogP contribution in [0, 0.1) is 11.3 Å². The molecule has 0 radical (unpaired) electrons. The molecule has 0 bridgehead atoms. The Kier molecular flexibility index (Phi) is 4.49. The summed E-state index contributed by atoms with van der Waals surface area (Å²) in [6.45, 7) is 0. The van der Waals surface area contributed by atoms with Crippen molar-refractivity contribution in [1.29, 1.82) is 5.26 Å². The van der Waals surface area contributed by atoms with Crippen LogP contribution in [-0.2, 0) is 0 Å². The van der Waals surface area contributed by atoms with Crippen LogP contribution in [0.15, 0.2) is 115 Å². The lowest BCUT2D eigenvalue weighted by atomic mass is 9.98. The first-order valence-corrected chi connectivity index (χ1v) is 10.9. The van der Waals surface area contributed by atoms with Crippen LogP contribution in [0.5, 0.6) is 0 Å². The summed E-state index contributed by atoms with van der Waals surface area (Å²) < 4.78 is 2.35. The van der Waals surface area contributed by atoms with Crippen molar-refractivity contribution < 1.29 is 0 Å². The zero-order valence-electron chi connectivity index (χ0n) is 17.8. The van der Waals surface area contributed by atoms with Gasteiger partial charge in [0, 0.05) is 22.5 Å². The number of benzene rings is 4. The number of pyridine rings is 1. The molecule has 0 aliphatic rings. The minimum absolute atomic E-state index is 0.420. The van der Waals surface area contributed by atoms with Crippen LogP contribution in [0.2, 0.25) is 0 Å². The average Bonchev–Trinajstić information content (AvgIpc) is 3.23. The fraction of sp³-hybridized carbons (Fsp3) is 0. The van der Waals surface area contributed by atoms with Crippen LogP contribution >= 0.6 is 0 Å². The Bertz CT molecular complexity index is 1630. The second kappa shape index (κ2) is 7.78. The summed E-state index contributed by atoms with van der Waals surface area (Å²) in [6, 6.07) is 40.0. The van der Waals surface area contributed by atoms with Gasteiger partial charge in [0.1, 0.15) is 11.8 Å². The summed E-state index contributed by atoms with van der Waals surface area (Å²) in [5.41, 5.74) is 8.26. The van der Waals surface area contributed by atoms with Crippen LogP contribution in [0.3, 0.4) is 0 Å². The van der Waals surface area contributed by atoms with Crippen molar-refractivity contribution in [3.8, 4) is 34.0 Å². The highest BCUT2D eigenvalue weighted by Gasteiger charge is 2.15. The maximum absolute atomic E-state index is 9.24. The molecule has 2 aromatic heterocycles. The van der Waals surface area contributed by atoms with E-state index in [0.29, 0.717) is 5.69 Å². The molecule has 0 fully saturated rings. The summed E-state index contributed by atoms with van der Waals surface area (Å²) in [5.74, 6) is 0. The fourth-order valence-corrected chi connectivity index (χ4v) is 4.63. The number of fused-ring (bicyclic) bond motifs is 3. The first-order valence-electron chi connectivity index (χ1n) is 10.9. The second-order valence-corrected chi connectivity index (χ2v) is 8.01. The van der Waals surface area contributed by atoms with Gasteiger partial charge in [-0.05, 0) is 53.1 Å². The van der Waals surface area contributed by atoms with Crippen LogP contribution in [0.1, 0.15) is 5.69 Å². The van der Waals surface area contributed by atoms with Crippen LogP contribution in [0.25, 0.3) is 49.7 Å². The molecule has 2 heterocycles. The maximum atomic E-state index is 9.24. The first kappa shape index (κ1) is 19.0. The van der Waals surface area contributed by atoms with E-state index in [1.807, 2.05) is 12.1 Å². The van der Waals surface area contributed by atoms with Crippen molar-refractivity contribution in [2.24, 2.45) is 0 Å². The highest BCUT2D eigenvalue weighted by molar-refractivity contribution is 6.09. The van der Waals surface area contributed by atoms with Gasteiger partial charge in [0.05, 0.1) is 16.7 Å². The van der Waals surface area contributed by atoms with Crippen LogP contribution in [-0.4, -0.2) is 9.55 Å². The molecule has 0 amide bonds. The van der Waals surface area contributed by atoms with Crippen molar-refractivity contribution >= 4 is 21.8 Å². The van der Waals surface area contributed by atoms with Gasteiger partial charge in [0.2, 0.25) is 0 Å². The number of para-hydroxylation sites is 3. The third-order valence-corrected chi connectivity index (χ3v) is 6.11. The Hall–Kier alpha value is -4.68. The van der Waals surface area contributed by atoms with Crippen molar-refractivity contribution in [1.82, 2.24) is 9.55 Å². The minimum Gasteiger partial charge on any atom is -0.309 e. The normalized spacial score (nSPS) is 11.0. The minimum atomic E-state index is 0.420. The predicted octanol–water partition coefficient (Wildman–Crippen LogP) is 7.38. The summed E-state index contributed by atoms with van der Waals surface area (Å²) in [5, 5.41) is 11.7. The number of aromatic nitrogens is 2. The highest BCUT2D eigenvalue weighted by atomic mass is 15.0. The largest absolute Gasteiger partial charge is 0.309 e. The molecule has 0 aliphatic heterocycles. The quantitative estimate of drug-likeness (QED) is 0.299. The standard InChI is InChI=1S/C30H19N3/c31-20-24-19-22(16-17-32-24)21-8-7-9-23(18-21)25-10-1-4-13-28(25)33-29-14-5-2-11-26(29)27-12-3-6-15-30(27)33/h1-19H. The van der Waals surface area contributed by atoms with E-state index in [-0.39, 0.29) is 0 Å². The van der Waals surface area contributed by atoms with E-state index in [2.05, 4.69) is 113 Å². The molecule has 3 nitrogen and oxygen atoms in total.